The second-order valence-corrected chi connectivity index (χ2v) is 11.1. The number of carbonyl (C=O) groups is 4. The summed E-state index contributed by atoms with van der Waals surface area (Å²) in [5.41, 5.74) is 1.02. The van der Waals surface area contributed by atoms with Crippen LogP contribution in [0.2, 0.25) is 0 Å². The number of nitrogens with zero attached hydrogens (tertiary/aromatic N) is 2. The third-order valence-corrected chi connectivity index (χ3v) is 7.23. The van der Waals surface area contributed by atoms with E-state index in [0.717, 1.165) is 18.4 Å². The van der Waals surface area contributed by atoms with Crippen LogP contribution >= 0.6 is 0 Å². The topological polar surface area (TPSA) is 120 Å². The molecule has 3 unspecified atom stereocenters. The molecule has 40 heavy (non-hydrogen) atoms. The van der Waals surface area contributed by atoms with E-state index in [2.05, 4.69) is 10.6 Å². The normalized spacial score (nSPS) is 22.6. The Kier molecular flexibility index (Phi) is 9.21. The number of carbonyl (C=O) groups excluding carboxylic acids is 4. The molecule has 2 aromatic rings. The Morgan fingerprint density at radius 2 is 1.70 bits per heavy atom. The van der Waals surface area contributed by atoms with Crippen LogP contribution in [0.1, 0.15) is 75.3 Å². The Morgan fingerprint density at radius 3 is 2.35 bits per heavy atom. The van der Waals surface area contributed by atoms with Crippen LogP contribution in [0.15, 0.2) is 60.7 Å². The van der Waals surface area contributed by atoms with E-state index in [1.54, 1.807) is 35.4 Å². The maximum atomic E-state index is 13.3. The molecule has 10 heteroatoms. The molecule has 2 aliphatic rings. The summed E-state index contributed by atoms with van der Waals surface area (Å²) >= 11 is 0. The largest absolute Gasteiger partial charge is 0.425 e. The number of benzene rings is 2. The fraction of sp³-hybridized carbons (Fsp3) is 0.467. The lowest BCUT2D eigenvalue weighted by Crippen LogP contribution is -2.49. The number of hydrogen-bond acceptors (Lipinski definition) is 7. The number of nitrogens with one attached hydrogen (secondary N) is 2. The van der Waals surface area contributed by atoms with Crippen LogP contribution in [-0.2, 0) is 14.4 Å². The van der Waals surface area contributed by atoms with Crippen molar-refractivity contribution >= 4 is 23.8 Å². The van der Waals surface area contributed by atoms with Crippen molar-refractivity contribution in [3.8, 4) is 0 Å². The van der Waals surface area contributed by atoms with Crippen LogP contribution < -0.4 is 10.6 Å². The first-order chi connectivity index (χ1) is 19.1. The number of Topliss-reactive ketones (excluding diaryl/α,β-unsaturated/α-hetero) is 1. The number of alkyl carbamates (subject to hydrolysis) is 1. The third-order valence-electron chi connectivity index (χ3n) is 7.23. The fourth-order valence-electron chi connectivity index (χ4n) is 4.95. The number of ether oxygens (including phenoxy) is 1. The summed E-state index contributed by atoms with van der Waals surface area (Å²) in [6.45, 7) is 8.15. The van der Waals surface area contributed by atoms with Crippen LogP contribution in [-0.4, -0.2) is 58.8 Å². The SMILES string of the molecule is CCCC[C@H](NC(=O)OC1CC(C)(C)CN1C(=O)NC(=O)c1ccccc1)C(=O)C1ON1[C@H](C)c1ccccc1. The third kappa shape index (κ3) is 7.25. The zero-order chi connectivity index (χ0) is 28.9. The average molecular weight is 551 g/mol. The number of ketones is 1. The predicted octanol–water partition coefficient (Wildman–Crippen LogP) is 4.78. The molecule has 5 atom stereocenters. The van der Waals surface area contributed by atoms with E-state index in [4.69, 9.17) is 9.57 Å². The summed E-state index contributed by atoms with van der Waals surface area (Å²) in [4.78, 5) is 58.8. The molecule has 0 aliphatic carbocycles. The van der Waals surface area contributed by atoms with E-state index in [1.807, 2.05) is 58.0 Å². The van der Waals surface area contributed by atoms with Gasteiger partial charge >= 0.3 is 12.1 Å². The van der Waals surface area contributed by atoms with E-state index < -0.39 is 36.5 Å². The summed E-state index contributed by atoms with van der Waals surface area (Å²) in [7, 11) is 0. The summed E-state index contributed by atoms with van der Waals surface area (Å²) in [6, 6.07) is 16.6. The van der Waals surface area contributed by atoms with E-state index in [-0.39, 0.29) is 17.2 Å². The summed E-state index contributed by atoms with van der Waals surface area (Å²) < 4.78 is 5.67. The van der Waals surface area contributed by atoms with Gasteiger partial charge in [-0.15, -0.1) is 5.06 Å². The van der Waals surface area contributed by atoms with Crippen molar-refractivity contribution in [3.05, 3.63) is 71.8 Å². The molecule has 2 N–H and O–H groups in total. The quantitative estimate of drug-likeness (QED) is 0.408. The minimum absolute atomic E-state index is 0.125. The van der Waals surface area contributed by atoms with Gasteiger partial charge in [-0.2, -0.15) is 0 Å². The van der Waals surface area contributed by atoms with Crippen LogP contribution in [0.25, 0.3) is 0 Å². The van der Waals surface area contributed by atoms with Crippen molar-refractivity contribution in [3.63, 3.8) is 0 Å². The first kappa shape index (κ1) is 29.2. The monoisotopic (exact) mass is 550 g/mol. The number of hydroxylamine groups is 2. The zero-order valence-corrected chi connectivity index (χ0v) is 23.5. The molecule has 214 valence electrons. The van der Waals surface area contributed by atoms with Crippen LogP contribution in [0, 0.1) is 5.41 Å². The van der Waals surface area contributed by atoms with Gasteiger partial charge in [0.2, 0.25) is 12.0 Å². The summed E-state index contributed by atoms with van der Waals surface area (Å²) in [5.74, 6) is -0.787. The average Bonchev–Trinajstić information content (AvgIpc) is 3.68. The minimum Gasteiger partial charge on any atom is -0.425 e. The van der Waals surface area contributed by atoms with Crippen molar-refractivity contribution < 1.29 is 28.8 Å². The van der Waals surface area contributed by atoms with E-state index in [1.165, 1.54) is 4.90 Å². The molecule has 4 amide bonds. The van der Waals surface area contributed by atoms with Gasteiger partial charge in [0.1, 0.15) is 0 Å². The number of hydrogen-bond donors (Lipinski definition) is 2. The molecule has 0 spiro atoms. The van der Waals surface area contributed by atoms with Gasteiger partial charge in [-0.25, -0.2) is 9.59 Å². The van der Waals surface area contributed by atoms with Gasteiger partial charge in [0.05, 0.1) is 12.1 Å². The van der Waals surface area contributed by atoms with Gasteiger partial charge in [-0.1, -0.05) is 82.1 Å². The molecule has 0 saturated carbocycles. The van der Waals surface area contributed by atoms with E-state index >= 15 is 0 Å². The standard InChI is InChI=1S/C30H38N4O6/c1-5-6-17-23(25(35)27-34(40-27)20(2)21-13-9-7-10-14-21)31-29(38)39-24-18-30(3,4)19-33(24)28(37)32-26(36)22-15-11-8-12-16-22/h7-16,20,23-24,27H,5-6,17-19H2,1-4H3,(H,31,38)(H,32,36,37)/t20-,23+,24?,27?,34?/m1/s1. The molecule has 0 aromatic heterocycles. The Hall–Kier alpha value is -3.76. The summed E-state index contributed by atoms with van der Waals surface area (Å²) in [6.07, 6.45) is -0.0617. The maximum absolute atomic E-state index is 13.3. The lowest BCUT2D eigenvalue weighted by atomic mass is 9.93. The smallest absolute Gasteiger partial charge is 0.409 e. The highest BCUT2D eigenvalue weighted by atomic mass is 16.8. The summed E-state index contributed by atoms with van der Waals surface area (Å²) in [5, 5.41) is 6.71. The second-order valence-electron chi connectivity index (χ2n) is 11.1. The molecular weight excluding hydrogens is 512 g/mol. The molecule has 10 nitrogen and oxygen atoms in total. The molecule has 2 aromatic carbocycles. The molecule has 2 aliphatic heterocycles. The first-order valence-electron chi connectivity index (χ1n) is 13.8. The zero-order valence-electron chi connectivity index (χ0n) is 23.5. The number of amides is 4. The van der Waals surface area contributed by atoms with Crippen molar-refractivity contribution in [2.75, 3.05) is 6.54 Å². The van der Waals surface area contributed by atoms with Gasteiger partial charge in [0.15, 0.2) is 6.23 Å². The van der Waals surface area contributed by atoms with Gasteiger partial charge in [-0.3, -0.25) is 24.6 Å². The highest BCUT2D eigenvalue weighted by Crippen LogP contribution is 2.36. The predicted molar refractivity (Wildman–Crippen MR) is 148 cm³/mol. The number of likely N-dealkylation sites (tertiary alicyclic amines) is 1. The lowest BCUT2D eigenvalue weighted by Gasteiger charge is -2.25. The number of urea groups is 1. The molecule has 0 radical (unpaired) electrons. The van der Waals surface area contributed by atoms with Crippen LogP contribution in [0.4, 0.5) is 9.59 Å². The minimum atomic E-state index is -0.896. The van der Waals surface area contributed by atoms with Crippen LogP contribution in [0.3, 0.4) is 0 Å². The molecule has 0 bridgehead atoms. The maximum Gasteiger partial charge on any atom is 0.409 e. The van der Waals surface area contributed by atoms with Crippen molar-refractivity contribution in [2.45, 2.75) is 77.9 Å². The molecule has 4 rings (SSSR count). The fourth-order valence-corrected chi connectivity index (χ4v) is 4.95. The molecular formula is C30H38N4O6. The van der Waals surface area contributed by atoms with Crippen molar-refractivity contribution in [1.82, 2.24) is 20.6 Å². The first-order valence-corrected chi connectivity index (χ1v) is 13.8. The number of imide groups is 1. The Bertz CT molecular complexity index is 1210. The number of unbranched alkanes of at least 4 members (excludes halogenated alkanes) is 1. The Labute approximate surface area is 234 Å². The Morgan fingerprint density at radius 1 is 1.05 bits per heavy atom. The molecule has 2 fully saturated rings. The van der Waals surface area contributed by atoms with Gasteiger partial charge in [0.25, 0.3) is 5.91 Å². The van der Waals surface area contributed by atoms with Gasteiger partial charge < -0.3 is 10.1 Å². The van der Waals surface area contributed by atoms with Crippen LogP contribution in [0.5, 0.6) is 0 Å². The number of rotatable bonds is 10. The highest BCUT2D eigenvalue weighted by Gasteiger charge is 2.49. The lowest BCUT2D eigenvalue weighted by molar-refractivity contribution is -0.122. The molecule has 2 saturated heterocycles. The van der Waals surface area contributed by atoms with E-state index in [0.29, 0.717) is 24.9 Å². The molecule has 2 heterocycles. The van der Waals surface area contributed by atoms with Crippen molar-refractivity contribution in [2.24, 2.45) is 5.41 Å². The van der Waals surface area contributed by atoms with Gasteiger partial charge in [-0.05, 0) is 36.5 Å². The van der Waals surface area contributed by atoms with Gasteiger partial charge in [0, 0.05) is 18.5 Å². The van der Waals surface area contributed by atoms with Crippen molar-refractivity contribution in [1.29, 1.82) is 0 Å². The highest BCUT2D eigenvalue weighted by molar-refractivity contribution is 6.04. The second kappa shape index (κ2) is 12.6. The van der Waals surface area contributed by atoms with E-state index in [9.17, 15) is 19.2 Å². The Balaban J connectivity index is 1.37.